The lowest BCUT2D eigenvalue weighted by atomic mass is 10.1. The van der Waals surface area contributed by atoms with Crippen LogP contribution in [0.25, 0.3) is 0 Å². The topological polar surface area (TPSA) is 63.4 Å². The zero-order chi connectivity index (χ0) is 13.3. The van der Waals surface area contributed by atoms with Gasteiger partial charge in [-0.1, -0.05) is 19.1 Å². The van der Waals surface area contributed by atoms with Gasteiger partial charge in [-0.05, 0) is 37.5 Å². The Bertz CT molecular complexity index is 504. The lowest BCUT2D eigenvalue weighted by Crippen LogP contribution is -2.32. The molecule has 100 valence electrons. The van der Waals surface area contributed by atoms with E-state index in [4.69, 9.17) is 5.73 Å². The Morgan fingerprint density at radius 2 is 1.89 bits per heavy atom. The highest BCUT2D eigenvalue weighted by molar-refractivity contribution is 7.89. The minimum absolute atomic E-state index is 0.0764. The summed E-state index contributed by atoms with van der Waals surface area (Å²) in [5.74, 6) is 0. The smallest absolute Gasteiger partial charge is 0.243 e. The highest BCUT2D eigenvalue weighted by Gasteiger charge is 2.36. The van der Waals surface area contributed by atoms with Crippen LogP contribution in [-0.2, 0) is 10.0 Å². The minimum atomic E-state index is -3.34. The molecule has 1 aliphatic carbocycles. The van der Waals surface area contributed by atoms with Crippen LogP contribution in [0.3, 0.4) is 0 Å². The van der Waals surface area contributed by atoms with Crippen LogP contribution in [0.2, 0.25) is 0 Å². The maximum absolute atomic E-state index is 12.4. The van der Waals surface area contributed by atoms with Crippen LogP contribution in [0.5, 0.6) is 0 Å². The summed E-state index contributed by atoms with van der Waals surface area (Å²) in [6.07, 6.45) is 1.95. The average Bonchev–Trinajstić information content (AvgIpc) is 3.14. The van der Waals surface area contributed by atoms with Crippen LogP contribution in [0.4, 0.5) is 0 Å². The van der Waals surface area contributed by atoms with Gasteiger partial charge in [-0.25, -0.2) is 8.42 Å². The monoisotopic (exact) mass is 268 g/mol. The Balaban J connectivity index is 2.29. The molecule has 0 spiro atoms. The summed E-state index contributed by atoms with van der Waals surface area (Å²) in [5, 5.41) is 0. The number of hydrogen-bond donors (Lipinski definition) is 1. The van der Waals surface area contributed by atoms with E-state index < -0.39 is 10.0 Å². The third-order valence-corrected chi connectivity index (χ3v) is 5.32. The summed E-state index contributed by atoms with van der Waals surface area (Å²) in [6.45, 7) is 4.29. The second-order valence-electron chi connectivity index (χ2n) is 4.80. The first-order chi connectivity index (χ1) is 8.46. The van der Waals surface area contributed by atoms with Crippen LogP contribution in [-0.4, -0.2) is 25.3 Å². The van der Waals surface area contributed by atoms with Crippen LogP contribution in [0.15, 0.2) is 29.2 Å². The molecule has 4 nitrogen and oxygen atoms in total. The molecule has 18 heavy (non-hydrogen) atoms. The second kappa shape index (κ2) is 4.99. The van der Waals surface area contributed by atoms with Gasteiger partial charge < -0.3 is 5.73 Å². The van der Waals surface area contributed by atoms with Gasteiger partial charge in [-0.15, -0.1) is 0 Å². The van der Waals surface area contributed by atoms with Crippen LogP contribution < -0.4 is 5.73 Å². The largest absolute Gasteiger partial charge is 0.324 e. The number of nitrogens with two attached hydrogens (primary N) is 1. The lowest BCUT2D eigenvalue weighted by molar-refractivity contribution is 0.421. The van der Waals surface area contributed by atoms with Gasteiger partial charge in [0, 0.05) is 18.6 Å². The predicted molar refractivity (Wildman–Crippen MR) is 71.6 cm³/mol. The molecule has 0 bridgehead atoms. The molecule has 0 aliphatic heterocycles. The number of benzene rings is 1. The standard InChI is InChI=1S/C13H20N2O2S/c1-3-15(12-6-7-12)18(16,17)13-8-4-11(5-9-13)10(2)14/h4-5,8-10,12H,3,6-7,14H2,1-2H3. The van der Waals surface area contributed by atoms with E-state index in [1.807, 2.05) is 13.8 Å². The Morgan fingerprint density at radius 3 is 2.28 bits per heavy atom. The molecule has 1 aromatic rings. The van der Waals surface area contributed by atoms with Crippen molar-refractivity contribution >= 4 is 10.0 Å². The fourth-order valence-corrected chi connectivity index (χ4v) is 3.76. The van der Waals surface area contributed by atoms with Crippen LogP contribution >= 0.6 is 0 Å². The summed E-state index contributed by atoms with van der Waals surface area (Å²) in [4.78, 5) is 0.362. The average molecular weight is 268 g/mol. The maximum atomic E-state index is 12.4. The van der Waals surface area contributed by atoms with Crippen molar-refractivity contribution in [2.45, 2.75) is 43.7 Å². The van der Waals surface area contributed by atoms with Crippen LogP contribution in [0.1, 0.15) is 38.3 Å². The van der Waals surface area contributed by atoms with E-state index in [-0.39, 0.29) is 12.1 Å². The van der Waals surface area contributed by atoms with Gasteiger partial charge in [0.2, 0.25) is 10.0 Å². The van der Waals surface area contributed by atoms with Crippen molar-refractivity contribution in [3.8, 4) is 0 Å². The third kappa shape index (κ3) is 2.58. The second-order valence-corrected chi connectivity index (χ2v) is 6.69. The Morgan fingerprint density at radius 1 is 1.33 bits per heavy atom. The van der Waals surface area contributed by atoms with Crippen molar-refractivity contribution in [3.05, 3.63) is 29.8 Å². The molecular formula is C13H20N2O2S. The van der Waals surface area contributed by atoms with Crippen molar-refractivity contribution in [2.75, 3.05) is 6.54 Å². The predicted octanol–water partition coefficient (Wildman–Crippen LogP) is 1.88. The van der Waals surface area contributed by atoms with Gasteiger partial charge in [0.25, 0.3) is 0 Å². The highest BCUT2D eigenvalue weighted by Crippen LogP contribution is 2.31. The molecule has 1 saturated carbocycles. The van der Waals surface area contributed by atoms with Gasteiger partial charge in [0.15, 0.2) is 0 Å². The fourth-order valence-electron chi connectivity index (χ4n) is 2.07. The first kappa shape index (κ1) is 13.5. The van der Waals surface area contributed by atoms with Crippen LogP contribution in [0, 0.1) is 0 Å². The zero-order valence-electron chi connectivity index (χ0n) is 10.8. The van der Waals surface area contributed by atoms with Crippen molar-refractivity contribution in [2.24, 2.45) is 5.73 Å². The van der Waals surface area contributed by atoms with Crippen molar-refractivity contribution < 1.29 is 8.42 Å². The zero-order valence-corrected chi connectivity index (χ0v) is 11.7. The number of hydrogen-bond acceptors (Lipinski definition) is 3. The first-order valence-electron chi connectivity index (χ1n) is 6.34. The summed E-state index contributed by atoms with van der Waals surface area (Å²) < 4.78 is 26.4. The normalized spacial score (nSPS) is 18.0. The van der Waals surface area contributed by atoms with Gasteiger partial charge in [-0.2, -0.15) is 4.31 Å². The van der Waals surface area contributed by atoms with Gasteiger partial charge in [-0.3, -0.25) is 0 Å². The molecule has 0 radical (unpaired) electrons. The molecular weight excluding hydrogens is 248 g/mol. The Labute approximate surface area is 109 Å². The van der Waals surface area contributed by atoms with Crippen molar-refractivity contribution in [3.63, 3.8) is 0 Å². The van der Waals surface area contributed by atoms with E-state index >= 15 is 0 Å². The lowest BCUT2D eigenvalue weighted by Gasteiger charge is -2.20. The molecule has 0 amide bonds. The molecule has 1 unspecified atom stereocenters. The Hall–Kier alpha value is -0.910. The molecule has 1 aromatic carbocycles. The molecule has 1 aliphatic rings. The highest BCUT2D eigenvalue weighted by atomic mass is 32.2. The maximum Gasteiger partial charge on any atom is 0.243 e. The molecule has 1 atom stereocenters. The van der Waals surface area contributed by atoms with Gasteiger partial charge in [0.1, 0.15) is 0 Å². The van der Waals surface area contributed by atoms with E-state index in [1.165, 1.54) is 0 Å². The fraction of sp³-hybridized carbons (Fsp3) is 0.538. The van der Waals surface area contributed by atoms with E-state index in [2.05, 4.69) is 0 Å². The number of nitrogens with zero attached hydrogens (tertiary/aromatic N) is 1. The summed E-state index contributed by atoms with van der Waals surface area (Å²) in [6, 6.07) is 7.01. The van der Waals surface area contributed by atoms with E-state index in [0.29, 0.717) is 11.4 Å². The SMILES string of the molecule is CCN(C1CC1)S(=O)(=O)c1ccc(C(C)N)cc1. The molecule has 0 aromatic heterocycles. The number of rotatable bonds is 5. The molecule has 1 fully saturated rings. The third-order valence-electron chi connectivity index (χ3n) is 3.28. The molecule has 2 rings (SSSR count). The van der Waals surface area contributed by atoms with E-state index in [9.17, 15) is 8.42 Å². The Kier molecular flexibility index (Phi) is 3.75. The minimum Gasteiger partial charge on any atom is -0.324 e. The summed E-state index contributed by atoms with van der Waals surface area (Å²) in [7, 11) is -3.34. The summed E-state index contributed by atoms with van der Waals surface area (Å²) >= 11 is 0. The first-order valence-corrected chi connectivity index (χ1v) is 7.78. The summed E-state index contributed by atoms with van der Waals surface area (Å²) in [5.41, 5.74) is 6.70. The van der Waals surface area contributed by atoms with Crippen molar-refractivity contribution in [1.29, 1.82) is 0 Å². The molecule has 0 saturated heterocycles. The van der Waals surface area contributed by atoms with Gasteiger partial charge >= 0.3 is 0 Å². The molecule has 2 N–H and O–H groups in total. The van der Waals surface area contributed by atoms with Gasteiger partial charge in [0.05, 0.1) is 4.90 Å². The van der Waals surface area contributed by atoms with E-state index in [0.717, 1.165) is 18.4 Å². The van der Waals surface area contributed by atoms with Crippen molar-refractivity contribution in [1.82, 2.24) is 4.31 Å². The number of sulfonamides is 1. The van der Waals surface area contributed by atoms with E-state index in [1.54, 1.807) is 28.6 Å². The molecule has 0 heterocycles. The molecule has 5 heteroatoms. The quantitative estimate of drug-likeness (QED) is 0.887.